The highest BCUT2D eigenvalue weighted by Gasteiger charge is 2.00. The summed E-state index contributed by atoms with van der Waals surface area (Å²) in [5.41, 5.74) is 2.21. The molecule has 0 bridgehead atoms. The summed E-state index contributed by atoms with van der Waals surface area (Å²) in [5, 5.41) is 0. The minimum absolute atomic E-state index is 0.151. The summed E-state index contributed by atoms with van der Waals surface area (Å²) in [7, 11) is 1.77. The van der Waals surface area contributed by atoms with Gasteiger partial charge in [0.05, 0.1) is 0 Å². The van der Waals surface area contributed by atoms with Gasteiger partial charge in [0.15, 0.2) is 0 Å². The summed E-state index contributed by atoms with van der Waals surface area (Å²) in [6, 6.07) is 0. The fraction of sp³-hybridized carbons (Fsp3) is 0.364. The topological polar surface area (TPSA) is 12.4 Å². The van der Waals surface area contributed by atoms with Crippen LogP contribution < -0.4 is 0 Å². The first-order chi connectivity index (χ1) is 6.24. The third-order valence-electron chi connectivity index (χ3n) is 2.09. The highest BCUT2D eigenvalue weighted by atomic mass is 19.1. The second-order valence-electron chi connectivity index (χ2n) is 2.97. The molecule has 1 aliphatic rings. The molecule has 0 saturated carbocycles. The molecular weight excluding hydrogens is 165 g/mol. The molecule has 0 amide bonds. The summed E-state index contributed by atoms with van der Waals surface area (Å²) < 4.78 is 12.7. The van der Waals surface area contributed by atoms with E-state index in [-0.39, 0.29) is 5.83 Å². The number of hydrogen-bond donors (Lipinski definition) is 0. The van der Waals surface area contributed by atoms with Crippen molar-refractivity contribution in [1.29, 1.82) is 0 Å². The molecule has 0 aromatic heterocycles. The molecule has 0 spiro atoms. The van der Waals surface area contributed by atoms with Crippen LogP contribution in [0.25, 0.3) is 0 Å². The molecule has 13 heavy (non-hydrogen) atoms. The zero-order valence-electron chi connectivity index (χ0n) is 8.05. The van der Waals surface area contributed by atoms with Gasteiger partial charge in [-0.05, 0) is 37.5 Å². The van der Waals surface area contributed by atoms with Crippen molar-refractivity contribution in [2.24, 2.45) is 4.99 Å². The molecule has 0 radical (unpaired) electrons. The SMILES string of the molecule is CN=C(C)C1=CC/C=C(F)\C=C/C1. The normalized spacial score (nSPS) is 25.3. The van der Waals surface area contributed by atoms with Gasteiger partial charge in [-0.25, -0.2) is 4.39 Å². The molecule has 0 aromatic rings. The summed E-state index contributed by atoms with van der Waals surface area (Å²) in [5.74, 6) is -0.151. The molecule has 1 rings (SSSR count). The van der Waals surface area contributed by atoms with Crippen LogP contribution in [0.2, 0.25) is 0 Å². The second-order valence-corrected chi connectivity index (χ2v) is 2.97. The van der Waals surface area contributed by atoms with E-state index in [4.69, 9.17) is 0 Å². The van der Waals surface area contributed by atoms with Crippen molar-refractivity contribution < 1.29 is 4.39 Å². The highest BCUT2D eigenvalue weighted by molar-refractivity contribution is 5.98. The number of hydrogen-bond acceptors (Lipinski definition) is 1. The van der Waals surface area contributed by atoms with E-state index in [1.54, 1.807) is 13.1 Å². The molecule has 70 valence electrons. The van der Waals surface area contributed by atoms with Crippen LogP contribution in [0, 0.1) is 0 Å². The predicted molar refractivity (Wildman–Crippen MR) is 54.7 cm³/mol. The molecule has 0 saturated heterocycles. The van der Waals surface area contributed by atoms with Gasteiger partial charge in [-0.3, -0.25) is 4.99 Å². The third-order valence-corrected chi connectivity index (χ3v) is 2.09. The molecule has 0 atom stereocenters. The zero-order valence-corrected chi connectivity index (χ0v) is 8.05. The lowest BCUT2D eigenvalue weighted by Crippen LogP contribution is -1.97. The van der Waals surface area contributed by atoms with Gasteiger partial charge in [-0.15, -0.1) is 0 Å². The fourth-order valence-electron chi connectivity index (χ4n) is 1.20. The van der Waals surface area contributed by atoms with Crippen molar-refractivity contribution in [3.05, 3.63) is 35.7 Å². The predicted octanol–water partition coefficient (Wildman–Crippen LogP) is 3.21. The Hall–Kier alpha value is -1.18. The number of nitrogens with zero attached hydrogens (tertiary/aromatic N) is 1. The van der Waals surface area contributed by atoms with E-state index in [9.17, 15) is 4.39 Å². The van der Waals surface area contributed by atoms with Crippen LogP contribution in [-0.4, -0.2) is 12.8 Å². The molecule has 1 aliphatic carbocycles. The Bertz CT molecular complexity index is 295. The number of aliphatic imine (C=N–C) groups is 1. The van der Waals surface area contributed by atoms with E-state index in [0.29, 0.717) is 6.42 Å². The molecule has 2 heteroatoms. The van der Waals surface area contributed by atoms with Crippen LogP contribution in [0.15, 0.2) is 40.7 Å². The van der Waals surface area contributed by atoms with Gasteiger partial charge < -0.3 is 0 Å². The minimum Gasteiger partial charge on any atom is -0.293 e. The molecule has 0 heterocycles. The van der Waals surface area contributed by atoms with Crippen LogP contribution in [0.5, 0.6) is 0 Å². The number of allylic oxidation sites excluding steroid dienone is 6. The highest BCUT2D eigenvalue weighted by Crippen LogP contribution is 2.13. The molecule has 0 N–H and O–H groups in total. The number of rotatable bonds is 1. The van der Waals surface area contributed by atoms with Gasteiger partial charge in [-0.1, -0.05) is 12.2 Å². The molecule has 0 aliphatic heterocycles. The summed E-state index contributed by atoms with van der Waals surface area (Å²) in [6.45, 7) is 1.97. The van der Waals surface area contributed by atoms with Crippen molar-refractivity contribution >= 4 is 5.71 Å². The maximum absolute atomic E-state index is 12.7. The lowest BCUT2D eigenvalue weighted by Gasteiger charge is -2.04. The van der Waals surface area contributed by atoms with E-state index in [1.165, 1.54) is 11.6 Å². The van der Waals surface area contributed by atoms with Crippen LogP contribution in [-0.2, 0) is 0 Å². The Morgan fingerprint density at radius 1 is 1.46 bits per heavy atom. The Kier molecular flexibility index (Phi) is 3.62. The van der Waals surface area contributed by atoms with Crippen molar-refractivity contribution in [3.63, 3.8) is 0 Å². The first kappa shape index (κ1) is 9.90. The molecule has 1 nitrogen and oxygen atoms in total. The van der Waals surface area contributed by atoms with Gasteiger partial charge in [0.1, 0.15) is 5.83 Å². The summed E-state index contributed by atoms with van der Waals surface area (Å²) in [4.78, 5) is 4.10. The lowest BCUT2D eigenvalue weighted by molar-refractivity contribution is 0.661. The van der Waals surface area contributed by atoms with E-state index in [0.717, 1.165) is 12.1 Å². The average Bonchev–Trinajstić information content (AvgIpc) is 2.10. The van der Waals surface area contributed by atoms with Crippen molar-refractivity contribution in [2.45, 2.75) is 19.8 Å². The van der Waals surface area contributed by atoms with Crippen LogP contribution in [0.1, 0.15) is 19.8 Å². The Labute approximate surface area is 78.4 Å². The first-order valence-corrected chi connectivity index (χ1v) is 4.39. The van der Waals surface area contributed by atoms with E-state index in [2.05, 4.69) is 4.99 Å². The average molecular weight is 179 g/mol. The molecule has 0 fully saturated rings. The van der Waals surface area contributed by atoms with Crippen molar-refractivity contribution in [2.75, 3.05) is 7.05 Å². The van der Waals surface area contributed by atoms with Crippen LogP contribution in [0.4, 0.5) is 4.39 Å². The first-order valence-electron chi connectivity index (χ1n) is 4.39. The lowest BCUT2D eigenvalue weighted by atomic mass is 10.0. The van der Waals surface area contributed by atoms with Gasteiger partial charge in [0.25, 0.3) is 0 Å². The van der Waals surface area contributed by atoms with E-state index < -0.39 is 0 Å². The van der Waals surface area contributed by atoms with E-state index >= 15 is 0 Å². The smallest absolute Gasteiger partial charge is 0.119 e. The minimum atomic E-state index is -0.151. The maximum atomic E-state index is 12.7. The number of halogens is 1. The van der Waals surface area contributed by atoms with Gasteiger partial charge in [-0.2, -0.15) is 0 Å². The van der Waals surface area contributed by atoms with Gasteiger partial charge in [0, 0.05) is 12.8 Å². The zero-order chi connectivity index (χ0) is 9.68. The van der Waals surface area contributed by atoms with Crippen molar-refractivity contribution in [3.8, 4) is 0 Å². The van der Waals surface area contributed by atoms with E-state index in [1.807, 2.05) is 19.1 Å². The standard InChI is InChI=1S/C11H14FN/c1-9(13-2)10-5-3-7-11(12)8-4-6-10/h3,6-8H,4-5H2,1-2H3/b7-3-,10-6?,11-8+,13-9?. The van der Waals surface area contributed by atoms with Gasteiger partial charge >= 0.3 is 0 Å². The van der Waals surface area contributed by atoms with Gasteiger partial charge in [0.2, 0.25) is 0 Å². The van der Waals surface area contributed by atoms with Crippen LogP contribution >= 0.6 is 0 Å². The van der Waals surface area contributed by atoms with Crippen molar-refractivity contribution in [1.82, 2.24) is 0 Å². The molecule has 0 aromatic carbocycles. The fourth-order valence-corrected chi connectivity index (χ4v) is 1.20. The maximum Gasteiger partial charge on any atom is 0.119 e. The summed E-state index contributed by atoms with van der Waals surface area (Å²) in [6.07, 6.45) is 8.34. The Morgan fingerprint density at radius 2 is 2.23 bits per heavy atom. The summed E-state index contributed by atoms with van der Waals surface area (Å²) >= 11 is 0. The third kappa shape index (κ3) is 2.98. The van der Waals surface area contributed by atoms with Crippen LogP contribution in [0.3, 0.4) is 0 Å². The monoisotopic (exact) mass is 179 g/mol. The Balaban J connectivity index is 2.81. The second kappa shape index (κ2) is 4.75. The quantitative estimate of drug-likeness (QED) is 0.548. The largest absolute Gasteiger partial charge is 0.293 e. The Morgan fingerprint density at radius 3 is 2.92 bits per heavy atom. The molecule has 0 unspecified atom stereocenters. The molecular formula is C11H14FN.